The van der Waals surface area contributed by atoms with E-state index in [0.29, 0.717) is 17.2 Å². The Balaban J connectivity index is 1.51. The predicted octanol–water partition coefficient (Wildman–Crippen LogP) is 3.92. The van der Waals surface area contributed by atoms with Gasteiger partial charge in [-0.2, -0.15) is 23.5 Å². The number of anilines is 1. The number of morpholine rings is 1. The number of benzene rings is 1. The van der Waals surface area contributed by atoms with Crippen molar-refractivity contribution < 1.29 is 22.3 Å². The van der Waals surface area contributed by atoms with Crippen LogP contribution in [0.3, 0.4) is 0 Å². The van der Waals surface area contributed by atoms with Crippen molar-refractivity contribution in [2.24, 2.45) is 7.05 Å². The highest BCUT2D eigenvalue weighted by atomic mass is 19.4. The van der Waals surface area contributed by atoms with Crippen LogP contribution in [0.5, 0.6) is 0 Å². The normalized spacial score (nSPS) is 19.7. The predicted molar refractivity (Wildman–Crippen MR) is 134 cm³/mol. The van der Waals surface area contributed by atoms with Crippen LogP contribution in [-0.2, 0) is 18.0 Å². The van der Waals surface area contributed by atoms with Crippen LogP contribution in [-0.4, -0.2) is 48.5 Å². The van der Waals surface area contributed by atoms with Gasteiger partial charge >= 0.3 is 6.18 Å². The molecule has 0 spiro atoms. The summed E-state index contributed by atoms with van der Waals surface area (Å²) in [4.78, 5) is 27.4. The highest BCUT2D eigenvalue weighted by molar-refractivity contribution is 5.90. The first-order chi connectivity index (χ1) is 19.0. The molecule has 0 bridgehead atoms. The van der Waals surface area contributed by atoms with Gasteiger partial charge in [0.15, 0.2) is 5.52 Å². The Morgan fingerprint density at radius 2 is 1.90 bits per heavy atom. The van der Waals surface area contributed by atoms with Crippen molar-refractivity contribution in [2.75, 3.05) is 18.0 Å². The number of fused-ring (bicyclic) bond motifs is 1. The number of halogens is 4. The van der Waals surface area contributed by atoms with Crippen LogP contribution in [0.15, 0.2) is 35.4 Å². The van der Waals surface area contributed by atoms with Crippen LogP contribution in [0.25, 0.3) is 22.3 Å². The summed E-state index contributed by atoms with van der Waals surface area (Å²) in [7, 11) is 0.950. The SMILES string of the molecule is C[C@H]1CN(c2nc(-c3ccc(C#N)cc3F)c3nc(C(F)(F)F)n(C)c(=O)c3n2)C[C@@H](c2cnn(C3CC3)c2)O1. The zero-order valence-electron chi connectivity index (χ0n) is 21.4. The van der Waals surface area contributed by atoms with Gasteiger partial charge in [0.25, 0.3) is 5.56 Å². The Bertz CT molecular complexity index is 1740. The average Bonchev–Trinajstić information content (AvgIpc) is 3.65. The first kappa shape index (κ1) is 25.9. The quantitative estimate of drug-likeness (QED) is 0.349. The maximum Gasteiger partial charge on any atom is 0.449 e. The molecule has 0 N–H and O–H groups in total. The monoisotopic (exact) mass is 554 g/mol. The van der Waals surface area contributed by atoms with E-state index >= 15 is 4.39 Å². The number of rotatable bonds is 4. The highest BCUT2D eigenvalue weighted by Crippen LogP contribution is 2.36. The van der Waals surface area contributed by atoms with Crippen molar-refractivity contribution in [1.29, 1.82) is 5.26 Å². The van der Waals surface area contributed by atoms with E-state index in [-0.39, 0.29) is 35.4 Å². The summed E-state index contributed by atoms with van der Waals surface area (Å²) < 4.78 is 64.8. The number of hydrogen-bond acceptors (Lipinski definition) is 8. The molecule has 1 aliphatic carbocycles. The third-order valence-electron chi connectivity index (χ3n) is 6.98. The van der Waals surface area contributed by atoms with E-state index in [2.05, 4.69) is 20.1 Å². The summed E-state index contributed by atoms with van der Waals surface area (Å²) in [6.07, 6.45) is 0.109. The topological polar surface area (TPSA) is 115 Å². The van der Waals surface area contributed by atoms with Crippen LogP contribution in [0.1, 0.15) is 48.9 Å². The van der Waals surface area contributed by atoms with Gasteiger partial charge in [0.1, 0.15) is 23.1 Å². The van der Waals surface area contributed by atoms with E-state index in [0.717, 1.165) is 31.5 Å². The molecule has 4 aromatic rings. The number of nitrogens with zero attached hydrogens (tertiary/aromatic N) is 8. The molecule has 10 nitrogen and oxygen atoms in total. The van der Waals surface area contributed by atoms with Crippen LogP contribution in [0, 0.1) is 17.1 Å². The number of ether oxygens (including phenoxy) is 1. The molecule has 1 saturated carbocycles. The van der Waals surface area contributed by atoms with Gasteiger partial charge in [-0.15, -0.1) is 0 Å². The fraction of sp³-hybridized carbons (Fsp3) is 0.385. The van der Waals surface area contributed by atoms with E-state index in [1.165, 1.54) is 12.1 Å². The zero-order chi connectivity index (χ0) is 28.3. The van der Waals surface area contributed by atoms with Crippen LogP contribution in [0.2, 0.25) is 0 Å². The Morgan fingerprint density at radius 3 is 2.58 bits per heavy atom. The zero-order valence-corrected chi connectivity index (χ0v) is 21.4. The lowest BCUT2D eigenvalue weighted by molar-refractivity contribution is -0.147. The highest BCUT2D eigenvalue weighted by Gasteiger charge is 2.38. The summed E-state index contributed by atoms with van der Waals surface area (Å²) in [6.45, 7) is 2.42. The van der Waals surface area contributed by atoms with E-state index in [9.17, 15) is 18.0 Å². The number of nitriles is 1. The first-order valence-electron chi connectivity index (χ1n) is 12.5. The van der Waals surface area contributed by atoms with Crippen LogP contribution < -0.4 is 10.5 Å². The summed E-state index contributed by atoms with van der Waals surface area (Å²) in [5.74, 6) is -2.36. The second-order valence-corrected chi connectivity index (χ2v) is 10.00. The van der Waals surface area contributed by atoms with Crippen molar-refractivity contribution in [3.8, 4) is 17.3 Å². The number of alkyl halides is 3. The van der Waals surface area contributed by atoms with Gasteiger partial charge in [-0.05, 0) is 38.0 Å². The minimum atomic E-state index is -4.96. The lowest BCUT2D eigenvalue weighted by Crippen LogP contribution is -2.44. The largest absolute Gasteiger partial charge is 0.449 e. The minimum absolute atomic E-state index is 0.0104. The van der Waals surface area contributed by atoms with Gasteiger partial charge in [0, 0.05) is 30.9 Å². The summed E-state index contributed by atoms with van der Waals surface area (Å²) in [5.41, 5.74) is -1.60. The molecule has 6 rings (SSSR count). The van der Waals surface area contributed by atoms with Gasteiger partial charge in [-0.1, -0.05) is 0 Å². The summed E-state index contributed by atoms with van der Waals surface area (Å²) in [5, 5.41) is 13.6. The van der Waals surface area contributed by atoms with Gasteiger partial charge in [0.2, 0.25) is 11.8 Å². The van der Waals surface area contributed by atoms with E-state index in [1.54, 1.807) is 11.1 Å². The molecule has 0 amide bonds. The second-order valence-electron chi connectivity index (χ2n) is 10.00. The summed E-state index contributed by atoms with van der Waals surface area (Å²) >= 11 is 0. The molecule has 1 saturated heterocycles. The van der Waals surface area contributed by atoms with E-state index in [4.69, 9.17) is 10.00 Å². The van der Waals surface area contributed by atoms with Gasteiger partial charge < -0.3 is 9.64 Å². The Morgan fingerprint density at radius 1 is 1.12 bits per heavy atom. The van der Waals surface area contributed by atoms with Gasteiger partial charge in [0.05, 0.1) is 36.5 Å². The molecule has 1 aliphatic heterocycles. The second kappa shape index (κ2) is 9.37. The van der Waals surface area contributed by atoms with Crippen molar-refractivity contribution in [1.82, 2.24) is 29.3 Å². The maximum atomic E-state index is 15.2. The third-order valence-corrected chi connectivity index (χ3v) is 6.98. The molecule has 2 aliphatic rings. The molecular weight excluding hydrogens is 532 g/mol. The maximum absolute atomic E-state index is 15.2. The fourth-order valence-corrected chi connectivity index (χ4v) is 4.85. The summed E-state index contributed by atoms with van der Waals surface area (Å²) in [6, 6.07) is 5.67. The Labute approximate surface area is 224 Å². The Kier molecular flexibility index (Phi) is 6.06. The van der Waals surface area contributed by atoms with Crippen LogP contribution >= 0.6 is 0 Å². The van der Waals surface area contributed by atoms with Gasteiger partial charge in [-0.25, -0.2) is 19.3 Å². The van der Waals surface area contributed by atoms with Crippen LogP contribution in [0.4, 0.5) is 23.5 Å². The molecule has 2 atom stereocenters. The molecule has 0 radical (unpaired) electrons. The van der Waals surface area contributed by atoms with Gasteiger partial charge in [-0.3, -0.25) is 14.0 Å². The number of aromatic nitrogens is 6. The lowest BCUT2D eigenvalue weighted by Gasteiger charge is -2.36. The molecule has 40 heavy (non-hydrogen) atoms. The smallest absolute Gasteiger partial charge is 0.367 e. The average molecular weight is 555 g/mol. The molecule has 2 fully saturated rings. The standard InChI is InChI=1S/C26H22F4N8O2/c1-13-10-37(12-19(40-13)15-9-32-38(11-15)16-4-5-16)25-34-20(17-6-3-14(8-31)7-18(17)27)21-22(35-25)23(39)36(2)24(33-21)26(28,29)30/h3,6-7,9,11,13,16,19H,4-5,10,12H2,1-2H3/t13-,19-/m0/s1. The van der Waals surface area contributed by atoms with E-state index < -0.39 is 40.5 Å². The fourth-order valence-electron chi connectivity index (χ4n) is 4.85. The van der Waals surface area contributed by atoms with E-state index in [1.807, 2.05) is 23.9 Å². The lowest BCUT2D eigenvalue weighted by atomic mass is 10.1. The van der Waals surface area contributed by atoms with Crippen molar-refractivity contribution in [3.05, 3.63) is 63.7 Å². The number of hydrogen-bond donors (Lipinski definition) is 0. The molecular formula is C26H22F4N8O2. The minimum Gasteiger partial charge on any atom is -0.367 e. The van der Waals surface area contributed by atoms with Crippen molar-refractivity contribution in [2.45, 2.75) is 44.2 Å². The molecule has 0 unspecified atom stereocenters. The van der Waals surface area contributed by atoms with Crippen molar-refractivity contribution in [3.63, 3.8) is 0 Å². The molecule has 14 heteroatoms. The third kappa shape index (κ3) is 4.56. The molecule has 206 valence electrons. The first-order valence-corrected chi connectivity index (χ1v) is 12.5. The molecule has 1 aromatic carbocycles. The van der Waals surface area contributed by atoms with Crippen molar-refractivity contribution >= 4 is 17.0 Å². The molecule has 4 heterocycles. The molecule has 3 aromatic heterocycles. The Hall–Kier alpha value is -4.38.